The fourth-order valence-electron chi connectivity index (χ4n) is 4.68. The highest BCUT2D eigenvalue weighted by molar-refractivity contribution is 8.06. The van der Waals surface area contributed by atoms with Gasteiger partial charge in [-0.15, -0.1) is 0 Å². The molecular formula is C36H36Cl2F3N3O7S. The zero-order valence-electron chi connectivity index (χ0n) is 28.6. The van der Waals surface area contributed by atoms with Crippen molar-refractivity contribution >= 4 is 62.3 Å². The van der Waals surface area contributed by atoms with Crippen LogP contribution in [0.1, 0.15) is 50.6 Å². The number of hydrogen-bond acceptors (Lipinski definition) is 8. The molecule has 0 aliphatic heterocycles. The number of anilines is 1. The van der Waals surface area contributed by atoms with Crippen LogP contribution in [0.3, 0.4) is 0 Å². The van der Waals surface area contributed by atoms with E-state index in [0.29, 0.717) is 42.7 Å². The number of hydrogen-bond donors (Lipinski definition) is 0. The van der Waals surface area contributed by atoms with Crippen LogP contribution in [0.25, 0.3) is 23.4 Å². The van der Waals surface area contributed by atoms with Gasteiger partial charge in [0.15, 0.2) is 0 Å². The quantitative estimate of drug-likeness (QED) is 0.0975. The lowest BCUT2D eigenvalue weighted by molar-refractivity contribution is -0.139. The number of ether oxygens (including phenoxy) is 3. The molecule has 52 heavy (non-hydrogen) atoms. The summed E-state index contributed by atoms with van der Waals surface area (Å²) in [6.07, 6.45) is 0.0642. The molecule has 1 aromatic heterocycles. The predicted molar refractivity (Wildman–Crippen MR) is 194 cm³/mol. The van der Waals surface area contributed by atoms with E-state index >= 15 is 0 Å². The summed E-state index contributed by atoms with van der Waals surface area (Å²) < 4.78 is 81.3. The summed E-state index contributed by atoms with van der Waals surface area (Å²) in [5.74, 6) is 0.0768. The normalized spacial score (nSPS) is 12.2. The fourth-order valence-corrected chi connectivity index (χ4v) is 6.39. The van der Waals surface area contributed by atoms with Gasteiger partial charge >= 0.3 is 27.5 Å². The van der Waals surface area contributed by atoms with Crippen LogP contribution < -0.4 is 9.04 Å². The molecule has 278 valence electrons. The Morgan fingerprint density at radius 2 is 1.63 bits per heavy atom. The van der Waals surface area contributed by atoms with Crippen LogP contribution >= 0.6 is 23.2 Å². The smallest absolute Gasteiger partial charge is 0.445 e. The zero-order chi connectivity index (χ0) is 38.3. The lowest BCUT2D eigenvalue weighted by atomic mass is 10.1. The number of alkyl halides is 3. The number of carbonyl (C=O) groups is 2. The minimum atomic E-state index is -4.78. The second-order valence-corrected chi connectivity index (χ2v) is 15.0. The molecule has 10 nitrogen and oxygen atoms in total. The highest BCUT2D eigenvalue weighted by Gasteiger charge is 2.37. The van der Waals surface area contributed by atoms with Crippen LogP contribution in [0, 0.1) is 0 Å². The maximum Gasteiger partial charge on any atom is 0.445 e. The van der Waals surface area contributed by atoms with E-state index in [1.54, 1.807) is 72.9 Å². The third-order valence-electron chi connectivity index (χ3n) is 7.16. The molecule has 0 saturated heterocycles. The van der Waals surface area contributed by atoms with Gasteiger partial charge in [0.1, 0.15) is 23.7 Å². The highest BCUT2D eigenvalue weighted by atomic mass is 35.5. The van der Waals surface area contributed by atoms with Crippen molar-refractivity contribution in [3.63, 3.8) is 0 Å². The van der Waals surface area contributed by atoms with Gasteiger partial charge < -0.3 is 18.8 Å². The van der Waals surface area contributed by atoms with Gasteiger partial charge in [0.2, 0.25) is 0 Å². The molecule has 0 aliphatic carbocycles. The zero-order valence-corrected chi connectivity index (χ0v) is 30.9. The molecule has 0 spiro atoms. The number of aromatic nitrogens is 2. The molecule has 4 rings (SSSR count). The summed E-state index contributed by atoms with van der Waals surface area (Å²) in [7, 11) is -3.68. The SMILES string of the molecule is COC(=O)CN(c1ccc(Cn2cc(-c3ccc(Cl)cc3Cl)nc2C=Cc2ccc(OCCCC(F)(F)F)cc2)cc1)S(=O)(=O)C(=O)OC(C)(C)C. The Morgan fingerprint density at radius 3 is 2.23 bits per heavy atom. The van der Waals surface area contributed by atoms with Crippen LogP contribution in [0.5, 0.6) is 5.75 Å². The van der Waals surface area contributed by atoms with E-state index in [4.69, 9.17) is 37.7 Å². The number of nitrogens with zero attached hydrogens (tertiary/aromatic N) is 3. The average Bonchev–Trinajstić information content (AvgIpc) is 3.46. The number of halogens is 5. The Kier molecular flexibility index (Phi) is 13.1. The van der Waals surface area contributed by atoms with Crippen LogP contribution in [-0.4, -0.2) is 61.3 Å². The summed E-state index contributed by atoms with van der Waals surface area (Å²) in [5, 5.41) is -0.671. The Balaban J connectivity index is 1.61. The van der Waals surface area contributed by atoms with Crippen molar-refractivity contribution in [2.75, 3.05) is 24.6 Å². The van der Waals surface area contributed by atoms with Gasteiger partial charge in [0.25, 0.3) is 0 Å². The minimum Gasteiger partial charge on any atom is -0.494 e. The molecule has 16 heteroatoms. The molecule has 0 unspecified atom stereocenters. The van der Waals surface area contributed by atoms with E-state index in [1.807, 2.05) is 4.57 Å². The summed E-state index contributed by atoms with van der Waals surface area (Å²) in [5.41, 5.74) is 1.60. The van der Waals surface area contributed by atoms with E-state index in [1.165, 1.54) is 32.9 Å². The molecule has 0 atom stereocenters. The van der Waals surface area contributed by atoms with Gasteiger partial charge in [-0.2, -0.15) is 21.6 Å². The molecule has 0 saturated carbocycles. The fraction of sp³-hybridized carbons (Fsp3) is 0.306. The van der Waals surface area contributed by atoms with Crippen molar-refractivity contribution in [2.24, 2.45) is 0 Å². The van der Waals surface area contributed by atoms with Crippen molar-refractivity contribution in [3.05, 3.63) is 99.9 Å². The molecule has 0 N–H and O–H groups in total. The second kappa shape index (κ2) is 16.9. The van der Waals surface area contributed by atoms with Gasteiger partial charge in [-0.3, -0.25) is 4.79 Å². The summed E-state index contributed by atoms with van der Waals surface area (Å²) in [4.78, 5) is 29.6. The van der Waals surface area contributed by atoms with E-state index in [9.17, 15) is 31.2 Å². The number of carbonyl (C=O) groups excluding carboxylic acids is 2. The van der Waals surface area contributed by atoms with Crippen molar-refractivity contribution in [1.82, 2.24) is 9.55 Å². The molecule has 0 fully saturated rings. The number of sulfonamides is 1. The molecule has 0 bridgehead atoms. The maximum absolute atomic E-state index is 13.2. The topological polar surface area (TPSA) is 117 Å². The first-order chi connectivity index (χ1) is 24.3. The third kappa shape index (κ3) is 11.5. The Labute approximate surface area is 309 Å². The molecule has 4 aromatic rings. The van der Waals surface area contributed by atoms with Crippen LogP contribution in [0.15, 0.2) is 72.9 Å². The molecule has 0 aliphatic rings. The Bertz CT molecular complexity index is 2010. The van der Waals surface area contributed by atoms with Gasteiger partial charge in [-0.05, 0) is 86.9 Å². The van der Waals surface area contributed by atoms with Gasteiger partial charge in [0, 0.05) is 29.7 Å². The first kappa shape index (κ1) is 40.2. The Morgan fingerprint density at radius 1 is 0.962 bits per heavy atom. The second-order valence-electron chi connectivity index (χ2n) is 12.4. The van der Waals surface area contributed by atoms with Crippen LogP contribution in [0.2, 0.25) is 10.0 Å². The monoisotopic (exact) mass is 781 g/mol. The molecule has 1 heterocycles. The van der Waals surface area contributed by atoms with Gasteiger partial charge in [-0.1, -0.05) is 53.5 Å². The molecular weight excluding hydrogens is 746 g/mol. The molecule has 3 aromatic carbocycles. The summed E-state index contributed by atoms with van der Waals surface area (Å²) in [6, 6.07) is 18.0. The van der Waals surface area contributed by atoms with Gasteiger partial charge in [0.05, 0.1) is 30.1 Å². The summed E-state index contributed by atoms with van der Waals surface area (Å²) in [6.45, 7) is 4.00. The van der Waals surface area contributed by atoms with E-state index in [-0.39, 0.29) is 25.3 Å². The van der Waals surface area contributed by atoms with Crippen LogP contribution in [-0.2, 0) is 30.8 Å². The highest BCUT2D eigenvalue weighted by Crippen LogP contribution is 2.31. The van der Waals surface area contributed by atoms with Crippen molar-refractivity contribution in [1.29, 1.82) is 0 Å². The van der Waals surface area contributed by atoms with E-state index < -0.39 is 46.0 Å². The lowest BCUT2D eigenvalue weighted by Gasteiger charge is -2.25. The number of esters is 1. The van der Waals surface area contributed by atoms with Gasteiger partial charge in [-0.25, -0.2) is 14.1 Å². The number of methoxy groups -OCH3 is 1. The minimum absolute atomic E-state index is 0.0344. The lowest BCUT2D eigenvalue weighted by Crippen LogP contribution is -2.42. The maximum atomic E-state index is 13.2. The molecule has 0 radical (unpaired) electrons. The first-order valence-electron chi connectivity index (χ1n) is 15.8. The molecule has 0 amide bonds. The predicted octanol–water partition coefficient (Wildman–Crippen LogP) is 9.04. The van der Waals surface area contributed by atoms with E-state index in [0.717, 1.165) is 12.7 Å². The van der Waals surface area contributed by atoms with E-state index in [2.05, 4.69) is 4.74 Å². The van der Waals surface area contributed by atoms with Crippen LogP contribution in [0.4, 0.5) is 23.7 Å². The first-order valence-corrected chi connectivity index (χ1v) is 18.0. The third-order valence-corrected chi connectivity index (χ3v) is 9.13. The largest absolute Gasteiger partial charge is 0.494 e. The number of imidazole rings is 1. The standard InChI is InChI=1S/C36H36Cl2F3N3O7S/c1-35(2,3)51-34(46)52(47,48)44(23-33(45)49-4)27-12-6-25(7-13-27)21-43-22-31(29-16-11-26(37)20-30(29)38)42-32(43)17-10-24-8-14-28(15-9-24)50-19-5-18-36(39,40)41/h6-17,20,22H,5,18-19,21,23H2,1-4H3. The summed E-state index contributed by atoms with van der Waals surface area (Å²) >= 11 is 12.6. The number of rotatable bonds is 13. The Hall–Kier alpha value is -4.53. The average molecular weight is 783 g/mol. The van der Waals surface area contributed by atoms with Crippen molar-refractivity contribution < 1.29 is 45.4 Å². The van der Waals surface area contributed by atoms with Crippen molar-refractivity contribution in [3.8, 4) is 17.0 Å². The van der Waals surface area contributed by atoms with Crippen molar-refractivity contribution in [2.45, 2.75) is 51.9 Å². The number of benzene rings is 3.